The average molecular weight is 508 g/mol. The van der Waals surface area contributed by atoms with Gasteiger partial charge in [0.1, 0.15) is 12.4 Å². The maximum Gasteiger partial charge on any atom is 0.116 e. The monoisotopic (exact) mass is 507 g/mol. The van der Waals surface area contributed by atoms with Gasteiger partial charge < -0.3 is 19.8 Å². The van der Waals surface area contributed by atoms with Crippen molar-refractivity contribution in [3.8, 4) is 0 Å². The Morgan fingerprint density at radius 3 is 2.78 bits per heavy atom. The normalized spacial score (nSPS) is 45.2. The summed E-state index contributed by atoms with van der Waals surface area (Å²) in [6.45, 7) is 2.39. The minimum Gasteiger partial charge on any atom is -0.388 e. The van der Waals surface area contributed by atoms with Crippen LogP contribution in [0.1, 0.15) is 51.0 Å². The fourth-order valence-corrected chi connectivity index (χ4v) is 9.06. The lowest BCUT2D eigenvalue weighted by molar-refractivity contribution is -0.199. The molecule has 3 fully saturated rings. The molecule has 3 aliphatic carbocycles. The molecular weight excluding hydrogens is 474 g/mol. The highest BCUT2D eigenvalue weighted by atomic mass is 35.5. The Bertz CT molecular complexity index is 1330. The second-order valence-corrected chi connectivity index (χ2v) is 12.9. The van der Waals surface area contributed by atoms with Gasteiger partial charge in [-0.2, -0.15) is 0 Å². The summed E-state index contributed by atoms with van der Waals surface area (Å²) in [6, 6.07) is 6.32. The van der Waals surface area contributed by atoms with Crippen LogP contribution in [0.5, 0.6) is 0 Å². The van der Waals surface area contributed by atoms with Gasteiger partial charge in [0.05, 0.1) is 27.7 Å². The van der Waals surface area contributed by atoms with Crippen molar-refractivity contribution >= 4 is 28.1 Å². The van der Waals surface area contributed by atoms with Gasteiger partial charge in [0, 0.05) is 23.5 Å². The fraction of sp³-hybridized carbons (Fsp3) is 0.586. The summed E-state index contributed by atoms with van der Waals surface area (Å²) < 4.78 is 7.26. The Labute approximate surface area is 217 Å². The summed E-state index contributed by atoms with van der Waals surface area (Å²) in [4.78, 5) is 9.95. The molecular formula is C29H34ClN3O3. The molecule has 2 spiro atoms. The minimum atomic E-state index is -0.955. The van der Waals surface area contributed by atoms with E-state index >= 15 is 0 Å². The van der Waals surface area contributed by atoms with E-state index in [1.165, 1.54) is 11.1 Å². The molecule has 1 aromatic heterocycles. The maximum atomic E-state index is 11.2. The number of nitrogens with zero attached hydrogens (tertiary/aromatic N) is 3. The molecule has 1 saturated heterocycles. The second-order valence-electron chi connectivity index (χ2n) is 12.2. The van der Waals surface area contributed by atoms with Crippen molar-refractivity contribution in [2.24, 2.45) is 11.3 Å². The van der Waals surface area contributed by atoms with Crippen LogP contribution >= 0.6 is 11.6 Å². The first-order valence-corrected chi connectivity index (χ1v) is 13.6. The van der Waals surface area contributed by atoms with Crippen LogP contribution in [0.2, 0.25) is 0 Å². The largest absolute Gasteiger partial charge is 0.388 e. The molecule has 0 radical (unpaired) electrons. The number of allylic oxidation sites excluding steroid dienone is 2. The van der Waals surface area contributed by atoms with Crippen LogP contribution in [0.4, 0.5) is 0 Å². The molecule has 7 heteroatoms. The van der Waals surface area contributed by atoms with Crippen LogP contribution in [-0.2, 0) is 4.74 Å². The van der Waals surface area contributed by atoms with Crippen LogP contribution in [0.3, 0.4) is 0 Å². The summed E-state index contributed by atoms with van der Waals surface area (Å²) in [7, 11) is 3.93. The summed E-state index contributed by atoms with van der Waals surface area (Å²) in [6.07, 6.45) is 11.2. The summed E-state index contributed by atoms with van der Waals surface area (Å²) in [5.41, 5.74) is 3.23. The molecule has 36 heavy (non-hydrogen) atoms. The first-order chi connectivity index (χ1) is 17.1. The van der Waals surface area contributed by atoms with Gasteiger partial charge in [0.15, 0.2) is 0 Å². The van der Waals surface area contributed by atoms with Crippen LogP contribution in [0, 0.1) is 11.3 Å². The first kappa shape index (κ1) is 23.3. The lowest BCUT2D eigenvalue weighted by Crippen LogP contribution is -2.68. The van der Waals surface area contributed by atoms with Crippen molar-refractivity contribution < 1.29 is 14.9 Å². The number of hydrogen-bond donors (Lipinski definition) is 2. The minimum absolute atomic E-state index is 0.0632. The van der Waals surface area contributed by atoms with Gasteiger partial charge in [-0.05, 0) is 86.9 Å². The van der Waals surface area contributed by atoms with Gasteiger partial charge in [0.2, 0.25) is 0 Å². The summed E-state index contributed by atoms with van der Waals surface area (Å²) >= 11 is 7.55. The molecule has 2 unspecified atom stereocenters. The predicted octanol–water partition coefficient (Wildman–Crippen LogP) is 4.09. The lowest BCUT2D eigenvalue weighted by Gasteiger charge is -2.61. The van der Waals surface area contributed by atoms with E-state index in [1.807, 2.05) is 25.2 Å². The number of aliphatic hydroxyl groups excluding tert-OH is 2. The van der Waals surface area contributed by atoms with E-state index < -0.39 is 28.3 Å². The topological polar surface area (TPSA) is 78.7 Å². The van der Waals surface area contributed by atoms with Gasteiger partial charge in [0.25, 0.3) is 0 Å². The number of likely N-dealkylation sites (N-methyl/N-ethyl adjacent to an activating group) is 1. The average Bonchev–Trinajstić information content (AvgIpc) is 3.39. The third kappa shape index (κ3) is 2.77. The van der Waals surface area contributed by atoms with Crippen molar-refractivity contribution in [1.29, 1.82) is 0 Å². The van der Waals surface area contributed by atoms with Crippen molar-refractivity contribution in [2.75, 3.05) is 14.1 Å². The molecule has 5 aliphatic rings. The molecule has 6 nitrogen and oxygen atoms in total. The van der Waals surface area contributed by atoms with E-state index in [0.717, 1.165) is 48.6 Å². The Morgan fingerprint density at radius 1 is 1.14 bits per heavy atom. The second kappa shape index (κ2) is 7.39. The Kier molecular flexibility index (Phi) is 4.78. The molecule has 2 aromatic rings. The zero-order valence-corrected chi connectivity index (χ0v) is 21.9. The number of alkyl halides is 1. The Morgan fingerprint density at radius 2 is 1.97 bits per heavy atom. The molecule has 2 saturated carbocycles. The standard InChI is InChI=1S/C29H34ClN3O3/c1-26-8-10-28(30)13-20-24(34)25(35)22(33(2)3)14-27(20)9-11-29(28,36-27)23(26)7-5-19(26)17-4-6-21-18(12-17)15-31-16-32-21/h4-6,12-13,15-16,22-25,34-35H,7-11,14H2,1-3H3/t22-,23?,24+,25+,26+,27+,28?,29-/m0/s1. The number of hydrogen-bond acceptors (Lipinski definition) is 6. The van der Waals surface area contributed by atoms with Gasteiger partial charge in [-0.15, -0.1) is 11.6 Å². The molecule has 1 aromatic carbocycles. The Balaban J connectivity index is 1.30. The zero-order valence-electron chi connectivity index (χ0n) is 21.1. The van der Waals surface area contributed by atoms with E-state index in [1.54, 1.807) is 6.33 Å². The highest BCUT2D eigenvalue weighted by molar-refractivity contribution is 6.26. The number of ether oxygens (including phenoxy) is 1. The highest BCUT2D eigenvalue weighted by Crippen LogP contribution is 2.71. The molecule has 2 aliphatic heterocycles. The van der Waals surface area contributed by atoms with Crippen molar-refractivity contribution in [3.63, 3.8) is 0 Å². The van der Waals surface area contributed by atoms with Crippen molar-refractivity contribution in [1.82, 2.24) is 14.9 Å². The molecule has 0 amide bonds. The van der Waals surface area contributed by atoms with E-state index in [4.69, 9.17) is 16.3 Å². The number of benzene rings is 1. The summed E-state index contributed by atoms with van der Waals surface area (Å²) in [5, 5.41) is 23.2. The molecule has 8 atom stereocenters. The molecule has 2 bridgehead atoms. The van der Waals surface area contributed by atoms with Gasteiger partial charge in [-0.1, -0.05) is 25.1 Å². The first-order valence-electron chi connectivity index (χ1n) is 13.2. The highest BCUT2D eigenvalue weighted by Gasteiger charge is 2.73. The van der Waals surface area contributed by atoms with Crippen LogP contribution in [0.25, 0.3) is 16.5 Å². The fourth-order valence-electron chi connectivity index (χ4n) is 8.58. The molecule has 7 rings (SSSR count). The van der Waals surface area contributed by atoms with Crippen LogP contribution in [-0.4, -0.2) is 73.5 Å². The van der Waals surface area contributed by atoms with E-state index in [9.17, 15) is 10.2 Å². The summed E-state index contributed by atoms with van der Waals surface area (Å²) in [5.74, 6) is 0.243. The number of halogens is 1. The molecule has 3 heterocycles. The molecule has 190 valence electrons. The van der Waals surface area contributed by atoms with Gasteiger partial charge in [-0.3, -0.25) is 0 Å². The maximum absolute atomic E-state index is 11.2. The third-order valence-corrected chi connectivity index (χ3v) is 11.1. The van der Waals surface area contributed by atoms with Crippen LogP contribution < -0.4 is 0 Å². The third-order valence-electron chi connectivity index (χ3n) is 10.5. The quantitative estimate of drug-likeness (QED) is 0.471. The van der Waals surface area contributed by atoms with Gasteiger partial charge in [-0.25, -0.2) is 9.97 Å². The van der Waals surface area contributed by atoms with Crippen LogP contribution in [0.15, 0.2) is 48.4 Å². The Hall–Kier alpha value is -1.83. The van der Waals surface area contributed by atoms with E-state index in [0.29, 0.717) is 6.42 Å². The predicted molar refractivity (Wildman–Crippen MR) is 140 cm³/mol. The SMILES string of the molecule is CN(C)[C@H]1C[C@@]23CC[C@]4(O2)C2CC=C(c5ccc6ncncc6c5)[C@@]2(C)CCC4(Cl)C=C3[C@@H](O)[C@@H]1O. The number of rotatable bonds is 2. The van der Waals surface area contributed by atoms with Crippen molar-refractivity contribution in [3.05, 3.63) is 54.0 Å². The van der Waals surface area contributed by atoms with E-state index in [-0.39, 0.29) is 17.4 Å². The van der Waals surface area contributed by atoms with E-state index in [2.05, 4.69) is 47.2 Å². The zero-order chi connectivity index (χ0) is 25.1. The number of fused-ring (bicyclic) bond motifs is 2. The van der Waals surface area contributed by atoms with Crippen molar-refractivity contribution in [2.45, 2.75) is 79.8 Å². The number of aliphatic hydroxyl groups is 2. The van der Waals surface area contributed by atoms with Gasteiger partial charge >= 0.3 is 0 Å². The lowest BCUT2D eigenvalue weighted by atomic mass is 9.54. The molecule has 2 N–H and O–H groups in total. The number of aromatic nitrogens is 2. The smallest absolute Gasteiger partial charge is 0.116 e.